The second-order valence-corrected chi connectivity index (χ2v) is 9.22. The highest BCUT2D eigenvalue weighted by molar-refractivity contribution is 9.11. The van der Waals surface area contributed by atoms with Crippen molar-refractivity contribution in [2.45, 2.75) is 52.4 Å². The van der Waals surface area contributed by atoms with Crippen LogP contribution in [-0.2, 0) is 10.8 Å². The summed E-state index contributed by atoms with van der Waals surface area (Å²) in [7, 11) is 0. The summed E-state index contributed by atoms with van der Waals surface area (Å²) in [5.41, 5.74) is 3.00. The molecule has 108 valence electrons. The summed E-state index contributed by atoms with van der Waals surface area (Å²) >= 11 is 7.51. The highest BCUT2D eigenvalue weighted by atomic mass is 79.9. The average Bonchev–Trinajstić information content (AvgIpc) is 2.27. The average molecular weight is 398 g/mol. The van der Waals surface area contributed by atoms with Gasteiger partial charge in [0.15, 0.2) is 0 Å². The number of benzene rings is 2. The number of hydrogen-bond acceptors (Lipinski definition) is 0. The van der Waals surface area contributed by atoms with Gasteiger partial charge in [0.1, 0.15) is 0 Å². The van der Waals surface area contributed by atoms with Gasteiger partial charge in [0, 0.05) is 8.95 Å². The molecule has 0 unspecified atom stereocenters. The van der Waals surface area contributed by atoms with Crippen LogP contribution in [-0.4, -0.2) is 0 Å². The fourth-order valence-corrected chi connectivity index (χ4v) is 3.39. The van der Waals surface area contributed by atoms with Gasteiger partial charge in [-0.1, -0.05) is 73.4 Å². The first kappa shape index (κ1) is 16.0. The van der Waals surface area contributed by atoms with Crippen molar-refractivity contribution in [2.24, 2.45) is 0 Å². The Hall–Kier alpha value is -0.340. The molecule has 0 atom stereocenters. The van der Waals surface area contributed by atoms with E-state index in [4.69, 9.17) is 0 Å². The standard InChI is InChI=1S/C18H22Br2/c1-17(2,3)11-7-13-14(15(19)9-11)8-12(10-16(13)20)18(4,5)6/h7-10H,1-6H3. The molecule has 0 amide bonds. The maximum atomic E-state index is 3.75. The lowest BCUT2D eigenvalue weighted by molar-refractivity contribution is 0.589. The minimum Gasteiger partial charge on any atom is -0.0561 e. The summed E-state index contributed by atoms with van der Waals surface area (Å²) in [5, 5.41) is 2.55. The lowest BCUT2D eigenvalue weighted by atomic mass is 9.83. The van der Waals surface area contributed by atoms with Gasteiger partial charge >= 0.3 is 0 Å². The van der Waals surface area contributed by atoms with Crippen LogP contribution in [0.25, 0.3) is 10.8 Å². The molecule has 0 aliphatic heterocycles. The quantitative estimate of drug-likeness (QED) is 0.450. The van der Waals surface area contributed by atoms with Crippen molar-refractivity contribution in [1.82, 2.24) is 0 Å². The third-order valence-electron chi connectivity index (χ3n) is 3.70. The van der Waals surface area contributed by atoms with E-state index in [1.165, 1.54) is 30.8 Å². The molecular formula is C18H22Br2. The number of rotatable bonds is 0. The smallest absolute Gasteiger partial charge is 0.0257 e. The Kier molecular flexibility index (Phi) is 4.12. The second kappa shape index (κ2) is 5.14. The predicted octanol–water partition coefficient (Wildman–Crippen LogP) is 6.96. The Bertz CT molecular complexity index is 596. The van der Waals surface area contributed by atoms with Crippen LogP contribution in [0, 0.1) is 0 Å². The van der Waals surface area contributed by atoms with E-state index < -0.39 is 0 Å². The molecule has 0 aromatic heterocycles. The van der Waals surface area contributed by atoms with Crippen LogP contribution in [0.5, 0.6) is 0 Å². The Morgan fingerprint density at radius 2 is 0.900 bits per heavy atom. The van der Waals surface area contributed by atoms with Gasteiger partial charge in [-0.2, -0.15) is 0 Å². The zero-order valence-corrected chi connectivity index (χ0v) is 16.2. The zero-order valence-electron chi connectivity index (χ0n) is 13.1. The van der Waals surface area contributed by atoms with E-state index in [1.54, 1.807) is 0 Å². The van der Waals surface area contributed by atoms with Crippen LogP contribution in [0.1, 0.15) is 52.7 Å². The van der Waals surface area contributed by atoms with Crippen LogP contribution in [0.2, 0.25) is 0 Å². The molecule has 2 heteroatoms. The summed E-state index contributed by atoms with van der Waals surface area (Å²) in [6, 6.07) is 9.11. The van der Waals surface area contributed by atoms with Gasteiger partial charge in [-0.15, -0.1) is 0 Å². The van der Waals surface area contributed by atoms with Gasteiger partial charge in [-0.25, -0.2) is 0 Å². The highest BCUT2D eigenvalue weighted by Gasteiger charge is 2.19. The predicted molar refractivity (Wildman–Crippen MR) is 96.7 cm³/mol. The molecule has 0 heterocycles. The number of fused-ring (bicyclic) bond motifs is 1. The van der Waals surface area contributed by atoms with Crippen molar-refractivity contribution >= 4 is 42.6 Å². The molecule has 0 spiro atoms. The molecule has 0 saturated heterocycles. The van der Waals surface area contributed by atoms with Gasteiger partial charge in [-0.3, -0.25) is 0 Å². The van der Waals surface area contributed by atoms with Gasteiger partial charge in [0.25, 0.3) is 0 Å². The molecule has 0 nitrogen and oxygen atoms in total. The van der Waals surface area contributed by atoms with E-state index in [0.29, 0.717) is 0 Å². The van der Waals surface area contributed by atoms with Crippen LogP contribution >= 0.6 is 31.9 Å². The molecule has 0 N–H and O–H groups in total. The molecule has 0 fully saturated rings. The lowest BCUT2D eigenvalue weighted by Gasteiger charge is -2.23. The number of halogens is 2. The molecule has 2 aromatic rings. The van der Waals surface area contributed by atoms with Crippen molar-refractivity contribution in [3.63, 3.8) is 0 Å². The Labute approximate surface area is 139 Å². The monoisotopic (exact) mass is 396 g/mol. The second-order valence-electron chi connectivity index (χ2n) is 7.51. The summed E-state index contributed by atoms with van der Waals surface area (Å²) in [6.07, 6.45) is 0. The first-order chi connectivity index (χ1) is 9.00. The summed E-state index contributed by atoms with van der Waals surface area (Å²) < 4.78 is 2.35. The summed E-state index contributed by atoms with van der Waals surface area (Å²) in [4.78, 5) is 0. The topological polar surface area (TPSA) is 0 Å². The molecule has 0 radical (unpaired) electrons. The van der Waals surface area contributed by atoms with Crippen molar-refractivity contribution in [2.75, 3.05) is 0 Å². The maximum absolute atomic E-state index is 3.75. The van der Waals surface area contributed by atoms with Crippen LogP contribution in [0.15, 0.2) is 33.2 Å². The third-order valence-corrected chi connectivity index (χ3v) is 5.01. The molecule has 0 saturated carbocycles. The minimum atomic E-state index is 0.152. The van der Waals surface area contributed by atoms with Crippen molar-refractivity contribution in [3.05, 3.63) is 44.3 Å². The lowest BCUT2D eigenvalue weighted by Crippen LogP contribution is -2.12. The molecule has 0 aliphatic carbocycles. The van der Waals surface area contributed by atoms with E-state index in [-0.39, 0.29) is 10.8 Å². The maximum Gasteiger partial charge on any atom is 0.0257 e. The third kappa shape index (κ3) is 3.12. The molecule has 0 aliphatic rings. The molecule has 2 aromatic carbocycles. The van der Waals surface area contributed by atoms with E-state index in [9.17, 15) is 0 Å². The number of hydrogen-bond donors (Lipinski definition) is 0. The van der Waals surface area contributed by atoms with E-state index >= 15 is 0 Å². The van der Waals surface area contributed by atoms with Crippen molar-refractivity contribution < 1.29 is 0 Å². The van der Waals surface area contributed by atoms with Gasteiger partial charge in [0.2, 0.25) is 0 Å². The molecule has 20 heavy (non-hydrogen) atoms. The Balaban J connectivity index is 2.79. The van der Waals surface area contributed by atoms with Crippen LogP contribution < -0.4 is 0 Å². The van der Waals surface area contributed by atoms with Crippen LogP contribution in [0.3, 0.4) is 0 Å². The summed E-state index contributed by atoms with van der Waals surface area (Å²) in [6.45, 7) is 13.5. The highest BCUT2D eigenvalue weighted by Crippen LogP contribution is 2.38. The van der Waals surface area contributed by atoms with Crippen molar-refractivity contribution in [3.8, 4) is 0 Å². The SMILES string of the molecule is CC(C)(C)c1cc(Br)c2cc(C(C)(C)C)cc(Br)c2c1. The molecular weight excluding hydrogens is 376 g/mol. The van der Waals surface area contributed by atoms with Gasteiger partial charge in [0.05, 0.1) is 0 Å². The first-order valence-electron chi connectivity index (χ1n) is 6.94. The van der Waals surface area contributed by atoms with Gasteiger partial charge in [-0.05, 0) is 57.0 Å². The van der Waals surface area contributed by atoms with E-state index in [1.807, 2.05) is 0 Å². The fourth-order valence-electron chi connectivity index (χ4n) is 2.24. The molecule has 2 rings (SSSR count). The minimum absolute atomic E-state index is 0.152. The largest absolute Gasteiger partial charge is 0.0561 e. The normalized spacial score (nSPS) is 13.0. The molecule has 0 bridgehead atoms. The summed E-state index contributed by atoms with van der Waals surface area (Å²) in [5.74, 6) is 0. The first-order valence-corrected chi connectivity index (χ1v) is 8.52. The zero-order chi connectivity index (χ0) is 15.3. The van der Waals surface area contributed by atoms with Gasteiger partial charge < -0.3 is 0 Å². The van der Waals surface area contributed by atoms with E-state index in [0.717, 1.165) is 0 Å². The van der Waals surface area contributed by atoms with Crippen LogP contribution in [0.4, 0.5) is 0 Å². The fraction of sp³-hybridized carbons (Fsp3) is 0.444. The Morgan fingerprint density at radius 3 is 1.15 bits per heavy atom. The Morgan fingerprint density at radius 1 is 0.600 bits per heavy atom. The van der Waals surface area contributed by atoms with Crippen molar-refractivity contribution in [1.29, 1.82) is 0 Å². The van der Waals surface area contributed by atoms with E-state index in [2.05, 4.69) is 97.7 Å².